The normalized spacial score (nSPS) is 20.9. The summed E-state index contributed by atoms with van der Waals surface area (Å²) in [7, 11) is 0.545. The lowest BCUT2D eigenvalue weighted by atomic mass is 9.63. The molecule has 0 unspecified atom stereocenters. The van der Waals surface area contributed by atoms with Gasteiger partial charge in [-0.25, -0.2) is 4.79 Å². The molecule has 1 amide bonds. The molecular formula is C20H36BNO4. The zero-order valence-corrected chi connectivity index (χ0v) is 17.6. The maximum Gasteiger partial charge on any atom is 0.410 e. The summed E-state index contributed by atoms with van der Waals surface area (Å²) in [4.78, 5) is 14.1. The molecule has 2 aliphatic rings. The van der Waals surface area contributed by atoms with Gasteiger partial charge in [0, 0.05) is 13.1 Å². The fourth-order valence-corrected chi connectivity index (χ4v) is 3.56. The Labute approximate surface area is 159 Å². The molecule has 1 aliphatic heterocycles. The molecule has 6 heteroatoms. The van der Waals surface area contributed by atoms with Crippen LogP contribution in [0.1, 0.15) is 74.1 Å². The largest absolute Gasteiger partial charge is 0.444 e. The van der Waals surface area contributed by atoms with Gasteiger partial charge in [-0.3, -0.25) is 0 Å². The van der Waals surface area contributed by atoms with E-state index in [0.29, 0.717) is 7.48 Å². The number of carbonyl (C=O) groups excluding carboxylic acids is 1. The first-order valence-corrected chi connectivity index (χ1v) is 9.80. The minimum atomic E-state index is -0.903. The molecule has 0 aromatic rings. The quantitative estimate of drug-likeness (QED) is 0.774. The van der Waals surface area contributed by atoms with Crippen molar-refractivity contribution in [1.29, 1.82) is 0 Å². The third-order valence-electron chi connectivity index (χ3n) is 6.13. The fourth-order valence-electron chi connectivity index (χ4n) is 3.56. The van der Waals surface area contributed by atoms with Crippen LogP contribution in [0.2, 0.25) is 0 Å². The van der Waals surface area contributed by atoms with Gasteiger partial charge in [-0.15, -0.1) is 0 Å². The standard InChI is InChI=1S/C20H36BNO4/c1-17(2,3)25-16(23)22-13-11-20(12-14-22)10-8-9-15(20)21-26-19(6,7)18(4,5)24/h9,21,24H,8,10-14H2,1-7H3. The molecular weight excluding hydrogens is 329 g/mol. The molecule has 1 heterocycles. The SMILES string of the molecule is CC(C)(C)OC(=O)N1CCC2(CCC=C2BOC(C)(C)C(C)(C)O)CC1. The molecule has 1 fully saturated rings. The molecule has 0 atom stereocenters. The molecule has 1 N–H and O–H groups in total. The van der Waals surface area contributed by atoms with Crippen molar-refractivity contribution in [2.24, 2.45) is 5.41 Å². The highest BCUT2D eigenvalue weighted by Crippen LogP contribution is 2.47. The average molecular weight is 365 g/mol. The van der Waals surface area contributed by atoms with Crippen LogP contribution >= 0.6 is 0 Å². The first-order valence-electron chi connectivity index (χ1n) is 9.80. The number of hydrogen-bond donors (Lipinski definition) is 1. The maximum absolute atomic E-state index is 12.3. The second kappa shape index (κ2) is 7.19. The Hall–Kier alpha value is -1.01. The van der Waals surface area contributed by atoms with Crippen molar-refractivity contribution < 1.29 is 19.3 Å². The Bertz CT molecular complexity index is 549. The monoisotopic (exact) mass is 365 g/mol. The number of ether oxygens (including phenoxy) is 1. The molecule has 0 saturated carbocycles. The zero-order valence-electron chi connectivity index (χ0n) is 17.6. The molecule has 1 spiro atoms. The van der Waals surface area contributed by atoms with E-state index in [0.717, 1.165) is 38.8 Å². The topological polar surface area (TPSA) is 59.0 Å². The van der Waals surface area contributed by atoms with E-state index in [1.54, 1.807) is 13.8 Å². The van der Waals surface area contributed by atoms with Crippen molar-refractivity contribution in [3.05, 3.63) is 11.5 Å². The van der Waals surface area contributed by atoms with Gasteiger partial charge in [0.1, 0.15) is 5.60 Å². The smallest absolute Gasteiger partial charge is 0.410 e. The number of allylic oxidation sites excluding steroid dienone is 2. The van der Waals surface area contributed by atoms with Gasteiger partial charge in [-0.05, 0) is 79.6 Å². The van der Waals surface area contributed by atoms with E-state index in [9.17, 15) is 9.90 Å². The van der Waals surface area contributed by atoms with Gasteiger partial charge in [0.05, 0.1) is 11.2 Å². The number of amides is 1. The molecule has 0 aromatic carbocycles. The maximum atomic E-state index is 12.3. The zero-order chi connectivity index (χ0) is 19.8. The van der Waals surface area contributed by atoms with Gasteiger partial charge >= 0.3 is 13.6 Å². The van der Waals surface area contributed by atoms with Crippen LogP contribution in [-0.4, -0.2) is 53.5 Å². The lowest BCUT2D eigenvalue weighted by Gasteiger charge is -2.43. The van der Waals surface area contributed by atoms with E-state index in [1.807, 2.05) is 39.5 Å². The van der Waals surface area contributed by atoms with Gasteiger partial charge in [0.15, 0.2) is 0 Å². The molecule has 5 nitrogen and oxygen atoms in total. The van der Waals surface area contributed by atoms with Gasteiger partial charge in [0.25, 0.3) is 0 Å². The predicted molar refractivity (Wildman–Crippen MR) is 105 cm³/mol. The Balaban J connectivity index is 1.95. The van der Waals surface area contributed by atoms with Crippen LogP contribution in [0, 0.1) is 5.41 Å². The fraction of sp³-hybridized carbons (Fsp3) is 0.850. The first kappa shape index (κ1) is 21.3. The molecule has 0 bridgehead atoms. The van der Waals surface area contributed by atoms with Gasteiger partial charge < -0.3 is 19.4 Å². The number of rotatable bonds is 4. The van der Waals surface area contributed by atoms with Crippen LogP contribution in [0.4, 0.5) is 4.79 Å². The van der Waals surface area contributed by atoms with Crippen molar-refractivity contribution in [3.63, 3.8) is 0 Å². The number of aliphatic hydroxyl groups is 1. The van der Waals surface area contributed by atoms with Crippen LogP contribution in [0.3, 0.4) is 0 Å². The third kappa shape index (κ3) is 4.83. The van der Waals surface area contributed by atoms with E-state index >= 15 is 0 Å². The minimum absolute atomic E-state index is 0.133. The summed E-state index contributed by atoms with van der Waals surface area (Å²) in [5, 5.41) is 10.3. The van der Waals surface area contributed by atoms with E-state index < -0.39 is 16.8 Å². The number of piperidine rings is 1. The summed E-state index contributed by atoms with van der Waals surface area (Å²) in [5.74, 6) is 0. The second-order valence-corrected chi connectivity index (χ2v) is 9.87. The molecule has 1 saturated heterocycles. The Kier molecular flexibility index (Phi) is 5.89. The second-order valence-electron chi connectivity index (χ2n) is 9.87. The minimum Gasteiger partial charge on any atom is -0.444 e. The summed E-state index contributed by atoms with van der Waals surface area (Å²) in [6.45, 7) is 14.6. The Morgan fingerprint density at radius 3 is 2.19 bits per heavy atom. The van der Waals surface area contributed by atoms with Crippen molar-refractivity contribution in [2.45, 2.75) is 91.0 Å². The van der Waals surface area contributed by atoms with Crippen molar-refractivity contribution in [2.75, 3.05) is 13.1 Å². The molecule has 0 aromatic heterocycles. The van der Waals surface area contributed by atoms with Gasteiger partial charge in [-0.1, -0.05) is 11.5 Å². The third-order valence-corrected chi connectivity index (χ3v) is 6.13. The van der Waals surface area contributed by atoms with E-state index in [2.05, 4.69) is 6.08 Å². The van der Waals surface area contributed by atoms with Gasteiger partial charge in [0.2, 0.25) is 0 Å². The van der Waals surface area contributed by atoms with Crippen LogP contribution in [0.5, 0.6) is 0 Å². The van der Waals surface area contributed by atoms with Crippen LogP contribution in [-0.2, 0) is 9.39 Å². The molecule has 148 valence electrons. The van der Waals surface area contributed by atoms with E-state index in [-0.39, 0.29) is 11.5 Å². The summed E-state index contributed by atoms with van der Waals surface area (Å²) in [6, 6.07) is 0. The highest BCUT2D eigenvalue weighted by Gasteiger charge is 2.43. The van der Waals surface area contributed by atoms with Crippen molar-refractivity contribution >= 4 is 13.6 Å². The first-order chi connectivity index (χ1) is 11.8. The number of nitrogens with zero attached hydrogens (tertiary/aromatic N) is 1. The Morgan fingerprint density at radius 1 is 1.12 bits per heavy atom. The molecule has 0 radical (unpaired) electrons. The van der Waals surface area contributed by atoms with Crippen LogP contribution < -0.4 is 0 Å². The van der Waals surface area contributed by atoms with Crippen molar-refractivity contribution in [3.8, 4) is 0 Å². The van der Waals surface area contributed by atoms with Crippen LogP contribution in [0.15, 0.2) is 11.5 Å². The lowest BCUT2D eigenvalue weighted by molar-refractivity contribution is -0.0901. The summed E-state index contributed by atoms with van der Waals surface area (Å²) < 4.78 is 11.6. The van der Waals surface area contributed by atoms with E-state index in [4.69, 9.17) is 9.39 Å². The highest BCUT2D eigenvalue weighted by atomic mass is 16.6. The summed E-state index contributed by atoms with van der Waals surface area (Å²) in [5.41, 5.74) is -0.512. The molecule has 26 heavy (non-hydrogen) atoms. The van der Waals surface area contributed by atoms with Crippen LogP contribution in [0.25, 0.3) is 0 Å². The van der Waals surface area contributed by atoms with Crippen molar-refractivity contribution in [1.82, 2.24) is 4.90 Å². The molecule has 1 aliphatic carbocycles. The lowest BCUT2D eigenvalue weighted by Crippen LogP contribution is -2.49. The summed E-state index contributed by atoms with van der Waals surface area (Å²) in [6.07, 6.45) is 6.17. The number of carbonyl (C=O) groups is 1. The highest BCUT2D eigenvalue weighted by molar-refractivity contribution is 6.38. The summed E-state index contributed by atoms with van der Waals surface area (Å²) >= 11 is 0. The Morgan fingerprint density at radius 2 is 1.69 bits per heavy atom. The number of likely N-dealkylation sites (tertiary alicyclic amines) is 1. The van der Waals surface area contributed by atoms with Gasteiger partial charge in [-0.2, -0.15) is 0 Å². The number of hydrogen-bond acceptors (Lipinski definition) is 4. The predicted octanol–water partition coefficient (Wildman–Crippen LogP) is 3.60. The molecule has 2 rings (SSSR count). The average Bonchev–Trinajstić information content (AvgIpc) is 2.85. The van der Waals surface area contributed by atoms with E-state index in [1.165, 1.54) is 5.47 Å².